The molecule has 2 N–H and O–H groups in total. The molecule has 2 saturated carbocycles. The van der Waals surface area contributed by atoms with Gasteiger partial charge in [-0.25, -0.2) is 9.97 Å². The number of nitrogens with zero attached hydrogens (tertiary/aromatic N) is 2. The van der Waals surface area contributed by atoms with Crippen LogP contribution in [0.25, 0.3) is 0 Å². The molecular formula is C28H31F3N2O7. The van der Waals surface area contributed by atoms with Crippen molar-refractivity contribution in [1.29, 1.82) is 0 Å². The number of alkyl halides is 3. The number of rotatable bonds is 7. The number of hydrogen-bond acceptors (Lipinski definition) is 9. The second-order valence-electron chi connectivity index (χ2n) is 9.86. The van der Waals surface area contributed by atoms with Crippen molar-refractivity contribution in [2.75, 3.05) is 6.61 Å². The average Bonchev–Trinajstić information content (AvgIpc) is 3.74. The van der Waals surface area contributed by atoms with Crippen LogP contribution in [0.15, 0.2) is 54.3 Å². The summed E-state index contributed by atoms with van der Waals surface area (Å²) in [4.78, 5) is 43.0. The smallest absolute Gasteiger partial charge is 0.511 e. The van der Waals surface area contributed by atoms with E-state index in [1.165, 1.54) is 43.0 Å². The van der Waals surface area contributed by atoms with Gasteiger partial charge in [-0.2, -0.15) is 0 Å². The fourth-order valence-electron chi connectivity index (χ4n) is 4.39. The van der Waals surface area contributed by atoms with Crippen molar-refractivity contribution < 1.29 is 47.2 Å². The first-order valence-corrected chi connectivity index (χ1v) is 12.8. The van der Waals surface area contributed by atoms with Crippen molar-refractivity contribution in [3.63, 3.8) is 0 Å². The Morgan fingerprint density at radius 1 is 1.00 bits per heavy atom. The maximum atomic E-state index is 12.2. The predicted molar refractivity (Wildman–Crippen MR) is 135 cm³/mol. The van der Waals surface area contributed by atoms with Crippen molar-refractivity contribution in [3.8, 4) is 5.75 Å². The van der Waals surface area contributed by atoms with Gasteiger partial charge in [0.15, 0.2) is 11.6 Å². The molecule has 4 rings (SSSR count). The Kier molecular flexibility index (Phi) is 9.67. The van der Waals surface area contributed by atoms with E-state index in [0.717, 1.165) is 12.8 Å². The molecule has 0 aliphatic heterocycles. The molecule has 40 heavy (non-hydrogen) atoms. The highest BCUT2D eigenvalue weighted by molar-refractivity contribution is 6.23. The maximum absolute atomic E-state index is 12.2. The number of allylic oxidation sites excluding steroid dienone is 2. The normalized spacial score (nSPS) is 18.9. The van der Waals surface area contributed by atoms with Crippen LogP contribution >= 0.6 is 0 Å². The third-order valence-electron chi connectivity index (χ3n) is 6.63. The van der Waals surface area contributed by atoms with Gasteiger partial charge in [-0.05, 0) is 43.4 Å². The third kappa shape index (κ3) is 7.44. The first-order chi connectivity index (χ1) is 18.8. The van der Waals surface area contributed by atoms with Crippen molar-refractivity contribution in [3.05, 3.63) is 65.4 Å². The van der Waals surface area contributed by atoms with E-state index in [1.807, 2.05) is 0 Å². The lowest BCUT2D eigenvalue weighted by molar-refractivity contribution is -0.274. The quantitative estimate of drug-likeness (QED) is 0.214. The molecule has 0 radical (unpaired) electrons. The van der Waals surface area contributed by atoms with Crippen LogP contribution in [-0.4, -0.2) is 50.7 Å². The maximum Gasteiger partial charge on any atom is 0.573 e. The summed E-state index contributed by atoms with van der Waals surface area (Å²) in [5, 5.41) is 20.8. The van der Waals surface area contributed by atoms with Crippen molar-refractivity contribution in [2.45, 2.75) is 58.4 Å². The monoisotopic (exact) mass is 564 g/mol. The van der Waals surface area contributed by atoms with Crippen molar-refractivity contribution in [2.24, 2.45) is 17.8 Å². The van der Waals surface area contributed by atoms with Crippen LogP contribution < -0.4 is 4.74 Å². The van der Waals surface area contributed by atoms with Gasteiger partial charge in [0.05, 0.1) is 18.1 Å². The van der Waals surface area contributed by atoms with Gasteiger partial charge >= 0.3 is 12.3 Å². The summed E-state index contributed by atoms with van der Waals surface area (Å²) < 4.78 is 45.2. The molecule has 216 valence electrons. The SMILES string of the molecule is CC(C)C(O)(c1ccc(OC(F)(F)F)cc1)c1cncnc1.CCOC(=O)C1CC(=O)C(=C(O)C2CC2)C(=O)C1. The standard InChI is InChI=1S/C15H15F3N2O2.C13H16O5/c1-10(2)14(21,12-7-19-9-20-8-12)11-3-5-13(6-4-11)22-15(16,17)18;1-2-18-13(17)8-5-9(14)11(10(15)6-8)12(16)7-3-4-7/h3-10,21H,1-2H3;7-8,16H,2-6H2,1H3. The number of carbonyl (C=O) groups is 3. The number of ketones is 2. The Bertz CT molecular complexity index is 1220. The molecule has 1 aromatic heterocycles. The third-order valence-corrected chi connectivity index (χ3v) is 6.63. The molecule has 1 atom stereocenters. The van der Waals surface area contributed by atoms with Gasteiger partial charge in [-0.1, -0.05) is 26.0 Å². The van der Waals surface area contributed by atoms with E-state index >= 15 is 0 Å². The number of aromatic nitrogens is 2. The average molecular weight is 565 g/mol. The Balaban J connectivity index is 0.000000225. The highest BCUT2D eigenvalue weighted by atomic mass is 19.4. The highest BCUT2D eigenvalue weighted by Gasteiger charge is 2.40. The number of ether oxygens (including phenoxy) is 2. The molecule has 1 heterocycles. The molecule has 2 aromatic rings. The van der Waals surface area contributed by atoms with Crippen LogP contribution in [0.2, 0.25) is 0 Å². The molecule has 2 aliphatic carbocycles. The minimum Gasteiger partial charge on any atom is -0.511 e. The second-order valence-corrected chi connectivity index (χ2v) is 9.86. The molecule has 12 heteroatoms. The first kappa shape index (κ1) is 30.7. The van der Waals surface area contributed by atoms with Crippen LogP contribution in [-0.2, 0) is 24.7 Å². The lowest BCUT2D eigenvalue weighted by Gasteiger charge is -2.32. The first-order valence-electron chi connectivity index (χ1n) is 12.8. The number of esters is 1. The van der Waals surface area contributed by atoms with Gasteiger partial charge < -0.3 is 19.7 Å². The number of carbonyl (C=O) groups excluding carboxylic acids is 3. The van der Waals surface area contributed by atoms with E-state index in [9.17, 15) is 37.8 Å². The Morgan fingerprint density at radius 3 is 2.00 bits per heavy atom. The van der Waals surface area contributed by atoms with Crippen LogP contribution in [0.1, 0.15) is 57.6 Å². The van der Waals surface area contributed by atoms with E-state index in [4.69, 9.17) is 4.74 Å². The zero-order chi connectivity index (χ0) is 29.7. The van der Waals surface area contributed by atoms with Crippen LogP contribution in [0.4, 0.5) is 13.2 Å². The molecule has 0 saturated heterocycles. The number of aliphatic hydroxyl groups is 2. The summed E-state index contributed by atoms with van der Waals surface area (Å²) in [6.07, 6.45) is 1.09. The summed E-state index contributed by atoms with van der Waals surface area (Å²) in [5.74, 6) is -2.77. The van der Waals surface area contributed by atoms with Crippen LogP contribution in [0, 0.1) is 17.8 Å². The van der Waals surface area contributed by atoms with Gasteiger partial charge in [-0.15, -0.1) is 13.2 Å². The van der Waals surface area contributed by atoms with Gasteiger partial charge in [0, 0.05) is 36.7 Å². The number of Topliss-reactive ketones (excluding diaryl/α,β-unsaturated/α-hetero) is 2. The van der Waals surface area contributed by atoms with Gasteiger partial charge in [0.1, 0.15) is 23.4 Å². The summed E-state index contributed by atoms with van der Waals surface area (Å²) >= 11 is 0. The van der Waals surface area contributed by atoms with Crippen molar-refractivity contribution >= 4 is 17.5 Å². The molecule has 1 unspecified atom stereocenters. The van der Waals surface area contributed by atoms with E-state index in [-0.39, 0.29) is 48.4 Å². The zero-order valence-corrected chi connectivity index (χ0v) is 22.3. The predicted octanol–water partition coefficient (Wildman–Crippen LogP) is 4.59. The van der Waals surface area contributed by atoms with Gasteiger partial charge in [0.2, 0.25) is 0 Å². The van der Waals surface area contributed by atoms with E-state index in [2.05, 4.69) is 14.7 Å². The van der Waals surface area contributed by atoms with Gasteiger partial charge in [0.25, 0.3) is 0 Å². The lowest BCUT2D eigenvalue weighted by Crippen LogP contribution is -2.33. The van der Waals surface area contributed by atoms with Crippen molar-refractivity contribution in [1.82, 2.24) is 9.97 Å². The number of aliphatic hydroxyl groups excluding tert-OH is 1. The molecule has 2 fully saturated rings. The fraction of sp³-hybridized carbons (Fsp3) is 0.464. The molecule has 2 aliphatic rings. The Labute approximate surface area is 229 Å². The number of halogens is 3. The van der Waals surface area contributed by atoms with E-state index in [0.29, 0.717) is 11.1 Å². The largest absolute Gasteiger partial charge is 0.573 e. The zero-order valence-electron chi connectivity index (χ0n) is 22.3. The Hall–Kier alpha value is -3.80. The molecule has 0 spiro atoms. The van der Waals surface area contributed by atoms with E-state index < -0.39 is 35.4 Å². The van der Waals surface area contributed by atoms with Gasteiger partial charge in [-0.3, -0.25) is 14.4 Å². The topological polar surface area (TPSA) is 136 Å². The molecular weight excluding hydrogens is 533 g/mol. The fourth-order valence-corrected chi connectivity index (χ4v) is 4.39. The van der Waals surface area contributed by atoms with E-state index in [1.54, 1.807) is 20.8 Å². The minimum absolute atomic E-state index is 0.0351. The summed E-state index contributed by atoms with van der Waals surface area (Å²) in [6, 6.07) is 5.13. The summed E-state index contributed by atoms with van der Waals surface area (Å²) in [6.45, 7) is 5.50. The molecule has 9 nitrogen and oxygen atoms in total. The lowest BCUT2D eigenvalue weighted by atomic mass is 9.79. The van der Waals surface area contributed by atoms with Crippen LogP contribution in [0.5, 0.6) is 5.75 Å². The molecule has 1 aromatic carbocycles. The molecule has 0 bridgehead atoms. The molecule has 0 amide bonds. The Morgan fingerprint density at radius 2 is 1.55 bits per heavy atom. The second kappa shape index (κ2) is 12.6. The highest BCUT2D eigenvalue weighted by Crippen LogP contribution is 2.39. The number of benzene rings is 1. The summed E-state index contributed by atoms with van der Waals surface area (Å²) in [7, 11) is 0. The van der Waals surface area contributed by atoms with Crippen LogP contribution in [0.3, 0.4) is 0 Å². The minimum atomic E-state index is -4.75. The summed E-state index contributed by atoms with van der Waals surface area (Å²) in [5.41, 5.74) is -0.586. The number of hydrogen-bond donors (Lipinski definition) is 2.